The molecule has 1 aromatic rings. The molecule has 1 atom stereocenters. The standard InChI is InChI=1S/C20H30N2O4/c1-2-25-19-12-15(5-6-18(19)23)14-22-9-7-16(8-10-22)20(24)21-13-17-4-3-11-26-17/h5-6,12,16-17,23H,2-4,7-11,13-14H2,1H3,(H,21,24). The van der Waals surface area contributed by atoms with E-state index >= 15 is 0 Å². The summed E-state index contributed by atoms with van der Waals surface area (Å²) in [5.74, 6) is 0.987. The van der Waals surface area contributed by atoms with E-state index < -0.39 is 0 Å². The molecule has 144 valence electrons. The van der Waals surface area contributed by atoms with Crippen molar-refractivity contribution in [2.75, 3.05) is 32.8 Å². The van der Waals surface area contributed by atoms with Crippen molar-refractivity contribution in [3.63, 3.8) is 0 Å². The van der Waals surface area contributed by atoms with Crippen LogP contribution in [-0.4, -0.2) is 54.9 Å². The summed E-state index contributed by atoms with van der Waals surface area (Å²) in [7, 11) is 0. The molecule has 26 heavy (non-hydrogen) atoms. The van der Waals surface area contributed by atoms with Crippen molar-refractivity contribution >= 4 is 5.91 Å². The zero-order valence-electron chi connectivity index (χ0n) is 15.6. The highest BCUT2D eigenvalue weighted by atomic mass is 16.5. The van der Waals surface area contributed by atoms with E-state index in [1.807, 2.05) is 19.1 Å². The number of phenolic OH excluding ortho intramolecular Hbond substituents is 1. The minimum Gasteiger partial charge on any atom is -0.504 e. The number of hydrogen-bond donors (Lipinski definition) is 2. The molecule has 2 aliphatic rings. The first-order valence-corrected chi connectivity index (χ1v) is 9.72. The van der Waals surface area contributed by atoms with Gasteiger partial charge in [0.15, 0.2) is 11.5 Å². The molecule has 0 saturated carbocycles. The summed E-state index contributed by atoms with van der Waals surface area (Å²) >= 11 is 0. The molecule has 2 saturated heterocycles. The van der Waals surface area contributed by atoms with E-state index in [0.29, 0.717) is 18.9 Å². The molecule has 2 heterocycles. The summed E-state index contributed by atoms with van der Waals surface area (Å²) in [5, 5.41) is 12.9. The molecule has 0 aliphatic carbocycles. The number of aromatic hydroxyl groups is 1. The fourth-order valence-electron chi connectivity index (χ4n) is 3.70. The van der Waals surface area contributed by atoms with Gasteiger partial charge in [-0.1, -0.05) is 6.07 Å². The van der Waals surface area contributed by atoms with E-state index in [2.05, 4.69) is 10.2 Å². The number of benzene rings is 1. The Morgan fingerprint density at radius 1 is 1.35 bits per heavy atom. The van der Waals surface area contributed by atoms with Gasteiger partial charge in [-0.25, -0.2) is 0 Å². The lowest BCUT2D eigenvalue weighted by Gasteiger charge is -2.31. The van der Waals surface area contributed by atoms with Crippen molar-refractivity contribution < 1.29 is 19.4 Å². The van der Waals surface area contributed by atoms with E-state index in [-0.39, 0.29) is 23.7 Å². The van der Waals surface area contributed by atoms with E-state index in [9.17, 15) is 9.90 Å². The molecular weight excluding hydrogens is 332 g/mol. The molecule has 2 fully saturated rings. The Morgan fingerprint density at radius 2 is 2.15 bits per heavy atom. The van der Waals surface area contributed by atoms with Crippen LogP contribution < -0.4 is 10.1 Å². The first-order valence-electron chi connectivity index (χ1n) is 9.72. The Hall–Kier alpha value is -1.79. The summed E-state index contributed by atoms with van der Waals surface area (Å²) in [6.07, 6.45) is 4.12. The van der Waals surface area contributed by atoms with Crippen molar-refractivity contribution in [1.29, 1.82) is 0 Å². The van der Waals surface area contributed by atoms with Gasteiger partial charge in [-0.3, -0.25) is 9.69 Å². The quantitative estimate of drug-likeness (QED) is 0.779. The predicted octanol–water partition coefficient (Wildman–Crippen LogP) is 2.30. The van der Waals surface area contributed by atoms with Crippen molar-refractivity contribution in [3.05, 3.63) is 23.8 Å². The molecule has 2 N–H and O–H groups in total. The largest absolute Gasteiger partial charge is 0.504 e. The number of nitrogens with zero attached hydrogens (tertiary/aromatic N) is 1. The maximum absolute atomic E-state index is 12.3. The van der Waals surface area contributed by atoms with Crippen molar-refractivity contribution in [2.24, 2.45) is 5.92 Å². The van der Waals surface area contributed by atoms with Crippen LogP contribution in [0, 0.1) is 5.92 Å². The zero-order chi connectivity index (χ0) is 18.4. The summed E-state index contributed by atoms with van der Waals surface area (Å²) in [6.45, 7) is 6.52. The highest BCUT2D eigenvalue weighted by molar-refractivity contribution is 5.78. The maximum Gasteiger partial charge on any atom is 0.223 e. The molecule has 1 unspecified atom stereocenters. The number of phenols is 1. The third-order valence-electron chi connectivity index (χ3n) is 5.22. The van der Waals surface area contributed by atoms with Crippen molar-refractivity contribution in [1.82, 2.24) is 10.2 Å². The van der Waals surface area contributed by atoms with Crippen LogP contribution in [0.4, 0.5) is 0 Å². The number of ether oxygens (including phenoxy) is 2. The van der Waals surface area contributed by atoms with Gasteiger partial charge in [0.1, 0.15) is 0 Å². The van der Waals surface area contributed by atoms with Crippen LogP contribution in [-0.2, 0) is 16.1 Å². The smallest absolute Gasteiger partial charge is 0.223 e. The van der Waals surface area contributed by atoms with Gasteiger partial charge in [0.25, 0.3) is 0 Å². The van der Waals surface area contributed by atoms with Crippen LogP contribution in [0.15, 0.2) is 18.2 Å². The Kier molecular flexibility index (Phi) is 6.74. The molecule has 0 spiro atoms. The highest BCUT2D eigenvalue weighted by Gasteiger charge is 2.26. The SMILES string of the molecule is CCOc1cc(CN2CCC(C(=O)NCC3CCCO3)CC2)ccc1O. The average molecular weight is 362 g/mol. The Balaban J connectivity index is 1.43. The number of hydrogen-bond acceptors (Lipinski definition) is 5. The van der Waals surface area contributed by atoms with E-state index in [4.69, 9.17) is 9.47 Å². The van der Waals surface area contributed by atoms with Crippen molar-refractivity contribution in [2.45, 2.75) is 45.3 Å². The first kappa shape index (κ1) is 19.0. The Morgan fingerprint density at radius 3 is 2.85 bits per heavy atom. The number of carbonyl (C=O) groups excluding carboxylic acids is 1. The molecule has 1 aromatic carbocycles. The van der Waals surface area contributed by atoms with Gasteiger partial charge in [-0.2, -0.15) is 0 Å². The monoisotopic (exact) mass is 362 g/mol. The minimum absolute atomic E-state index is 0.103. The van der Waals surface area contributed by atoms with Crippen LogP contribution in [0.5, 0.6) is 11.5 Å². The third-order valence-corrected chi connectivity index (χ3v) is 5.22. The van der Waals surface area contributed by atoms with Crippen LogP contribution in [0.2, 0.25) is 0 Å². The molecule has 0 radical (unpaired) electrons. The summed E-state index contributed by atoms with van der Waals surface area (Å²) in [4.78, 5) is 14.7. The molecule has 0 bridgehead atoms. The van der Waals surface area contributed by atoms with Gasteiger partial charge in [0.05, 0.1) is 12.7 Å². The number of amides is 1. The van der Waals surface area contributed by atoms with Gasteiger partial charge < -0.3 is 19.9 Å². The third kappa shape index (κ3) is 5.11. The number of rotatable bonds is 7. The van der Waals surface area contributed by atoms with Gasteiger partial charge >= 0.3 is 0 Å². The lowest BCUT2D eigenvalue weighted by Crippen LogP contribution is -2.42. The molecule has 1 amide bonds. The fraction of sp³-hybridized carbons (Fsp3) is 0.650. The van der Waals surface area contributed by atoms with E-state index in [1.165, 1.54) is 0 Å². The molecule has 0 aromatic heterocycles. The fourth-order valence-corrected chi connectivity index (χ4v) is 3.70. The Bertz CT molecular complexity index is 593. The topological polar surface area (TPSA) is 71.0 Å². The van der Waals surface area contributed by atoms with Crippen LogP contribution >= 0.6 is 0 Å². The van der Waals surface area contributed by atoms with Crippen LogP contribution in [0.25, 0.3) is 0 Å². The zero-order valence-corrected chi connectivity index (χ0v) is 15.6. The van der Waals surface area contributed by atoms with E-state index in [0.717, 1.165) is 57.5 Å². The molecular formula is C20H30N2O4. The predicted molar refractivity (Wildman–Crippen MR) is 99.3 cm³/mol. The second-order valence-corrected chi connectivity index (χ2v) is 7.17. The van der Waals surface area contributed by atoms with E-state index in [1.54, 1.807) is 6.07 Å². The molecule has 3 rings (SSSR count). The maximum atomic E-state index is 12.3. The van der Waals surface area contributed by atoms with Crippen molar-refractivity contribution in [3.8, 4) is 11.5 Å². The molecule has 6 nitrogen and oxygen atoms in total. The number of nitrogens with one attached hydrogen (secondary N) is 1. The summed E-state index contributed by atoms with van der Waals surface area (Å²) in [6, 6.07) is 5.52. The van der Waals surface area contributed by atoms with Gasteiger partial charge in [-0.05, 0) is 63.4 Å². The average Bonchev–Trinajstić information content (AvgIpc) is 3.17. The summed E-state index contributed by atoms with van der Waals surface area (Å²) in [5.41, 5.74) is 1.12. The molecule has 6 heteroatoms. The number of likely N-dealkylation sites (tertiary alicyclic amines) is 1. The minimum atomic E-state index is 0.103. The molecule has 2 aliphatic heterocycles. The Labute approximate surface area is 155 Å². The highest BCUT2D eigenvalue weighted by Crippen LogP contribution is 2.28. The summed E-state index contributed by atoms with van der Waals surface area (Å²) < 4.78 is 11.0. The lowest BCUT2D eigenvalue weighted by molar-refractivity contribution is -0.127. The van der Waals surface area contributed by atoms with Gasteiger partial charge in [0, 0.05) is 25.6 Å². The second-order valence-electron chi connectivity index (χ2n) is 7.17. The number of piperidine rings is 1. The second kappa shape index (κ2) is 9.24. The first-order chi connectivity index (χ1) is 12.7. The van der Waals surface area contributed by atoms with Gasteiger partial charge in [0.2, 0.25) is 5.91 Å². The van der Waals surface area contributed by atoms with Crippen LogP contribution in [0.3, 0.4) is 0 Å². The number of carbonyl (C=O) groups is 1. The van der Waals surface area contributed by atoms with Gasteiger partial charge in [-0.15, -0.1) is 0 Å². The van der Waals surface area contributed by atoms with Crippen LogP contribution in [0.1, 0.15) is 38.2 Å². The normalized spacial score (nSPS) is 21.7. The lowest BCUT2D eigenvalue weighted by atomic mass is 9.95.